The van der Waals surface area contributed by atoms with Gasteiger partial charge >= 0.3 is 0 Å². The van der Waals surface area contributed by atoms with Crippen LogP contribution in [-0.4, -0.2) is 14.9 Å². The molecule has 4 rings (SSSR count). The molecule has 1 aromatic heterocycles. The highest BCUT2D eigenvalue weighted by molar-refractivity contribution is 8.02. The van der Waals surface area contributed by atoms with Gasteiger partial charge in [-0.2, -0.15) is 0 Å². The Morgan fingerprint density at radius 1 is 1.16 bits per heavy atom. The third-order valence-corrected chi connectivity index (χ3v) is 5.41. The van der Waals surface area contributed by atoms with Crippen LogP contribution >= 0.6 is 23.4 Å². The quantitative estimate of drug-likeness (QED) is 0.742. The van der Waals surface area contributed by atoms with Gasteiger partial charge in [-0.1, -0.05) is 59.8 Å². The molecule has 0 spiro atoms. The summed E-state index contributed by atoms with van der Waals surface area (Å²) in [4.78, 5) is 0. The highest BCUT2D eigenvalue weighted by Crippen LogP contribution is 2.31. The standard InChI is InChI=1S/C18H16ClN5S/c1-11-9-13(7-8-14(11)19)15-10-25-18-22-21-17(24(18)23-15)16(20)12-5-3-2-4-6-12/h2-10,16,23H,20H2,1H3/p+1/t16-/m1/s1. The molecule has 0 bridgehead atoms. The van der Waals surface area contributed by atoms with Gasteiger partial charge in [0.15, 0.2) is 6.04 Å². The SMILES string of the molecule is Cc1cc(C2=CSc3nnc([C@H]([NH3+])c4ccccc4)n3N2)ccc1Cl. The largest absolute Gasteiger partial charge is 0.345 e. The number of benzene rings is 2. The molecule has 0 aliphatic carbocycles. The van der Waals surface area contributed by atoms with E-state index in [0.29, 0.717) is 0 Å². The Hall–Kier alpha value is -2.28. The van der Waals surface area contributed by atoms with E-state index in [-0.39, 0.29) is 6.04 Å². The van der Waals surface area contributed by atoms with Crippen molar-refractivity contribution in [2.75, 3.05) is 5.43 Å². The molecule has 4 N–H and O–H groups in total. The second-order valence-corrected chi connectivity index (χ2v) is 7.11. The van der Waals surface area contributed by atoms with Crippen molar-refractivity contribution in [3.05, 3.63) is 81.5 Å². The number of thioether (sulfide) groups is 1. The second-order valence-electron chi connectivity index (χ2n) is 5.86. The Morgan fingerprint density at radius 3 is 2.72 bits per heavy atom. The van der Waals surface area contributed by atoms with Crippen molar-refractivity contribution < 1.29 is 5.73 Å². The summed E-state index contributed by atoms with van der Waals surface area (Å²) in [6.45, 7) is 2.00. The monoisotopic (exact) mass is 370 g/mol. The summed E-state index contributed by atoms with van der Waals surface area (Å²) in [5, 5.41) is 12.2. The van der Waals surface area contributed by atoms with E-state index in [1.807, 2.05) is 47.3 Å². The van der Waals surface area contributed by atoms with Gasteiger partial charge in [-0.05, 0) is 24.6 Å². The van der Waals surface area contributed by atoms with Crippen LogP contribution < -0.4 is 11.2 Å². The van der Waals surface area contributed by atoms with Crippen LogP contribution in [0.25, 0.3) is 5.70 Å². The fourth-order valence-electron chi connectivity index (χ4n) is 2.73. The first-order chi connectivity index (χ1) is 12.1. The number of halogens is 1. The van der Waals surface area contributed by atoms with E-state index in [9.17, 15) is 0 Å². The predicted octanol–water partition coefficient (Wildman–Crippen LogP) is 3.22. The average Bonchev–Trinajstić information content (AvgIpc) is 3.07. The molecule has 25 heavy (non-hydrogen) atoms. The molecule has 0 fully saturated rings. The topological polar surface area (TPSA) is 70.4 Å². The van der Waals surface area contributed by atoms with Gasteiger partial charge < -0.3 is 5.73 Å². The fraction of sp³-hybridized carbons (Fsp3) is 0.111. The van der Waals surface area contributed by atoms with E-state index in [2.05, 4.69) is 39.6 Å². The molecule has 0 unspecified atom stereocenters. The van der Waals surface area contributed by atoms with Gasteiger partial charge in [-0.15, -0.1) is 10.2 Å². The maximum absolute atomic E-state index is 6.14. The van der Waals surface area contributed by atoms with Gasteiger partial charge in [-0.3, -0.25) is 5.43 Å². The molecule has 3 aromatic rings. The average molecular weight is 371 g/mol. The maximum Gasteiger partial charge on any atom is 0.215 e. The minimum atomic E-state index is -0.109. The van der Waals surface area contributed by atoms with E-state index >= 15 is 0 Å². The highest BCUT2D eigenvalue weighted by atomic mass is 35.5. The second kappa shape index (κ2) is 6.55. The van der Waals surface area contributed by atoms with Crippen molar-refractivity contribution in [3.8, 4) is 0 Å². The van der Waals surface area contributed by atoms with Gasteiger partial charge in [0.05, 0.1) is 5.70 Å². The lowest BCUT2D eigenvalue weighted by atomic mass is 10.1. The fourth-order valence-corrected chi connectivity index (χ4v) is 3.59. The first-order valence-electron chi connectivity index (χ1n) is 7.87. The molecule has 0 radical (unpaired) electrons. The lowest BCUT2D eigenvalue weighted by Crippen LogP contribution is -2.55. The number of aromatic nitrogens is 3. The Balaban J connectivity index is 1.66. The van der Waals surface area contributed by atoms with E-state index in [1.54, 1.807) is 0 Å². The zero-order chi connectivity index (χ0) is 17.4. The Morgan fingerprint density at radius 2 is 1.96 bits per heavy atom. The molecule has 5 nitrogen and oxygen atoms in total. The van der Waals surface area contributed by atoms with Crippen LogP contribution in [0.15, 0.2) is 59.1 Å². The van der Waals surface area contributed by atoms with Crippen LogP contribution in [0, 0.1) is 6.92 Å². The third kappa shape index (κ3) is 3.04. The molecule has 2 heterocycles. The van der Waals surface area contributed by atoms with Crippen LogP contribution in [0.3, 0.4) is 0 Å². The van der Waals surface area contributed by atoms with Crippen molar-refractivity contribution in [1.29, 1.82) is 0 Å². The van der Waals surface area contributed by atoms with Crippen LogP contribution in [0.4, 0.5) is 0 Å². The van der Waals surface area contributed by atoms with Crippen molar-refractivity contribution in [2.24, 2.45) is 0 Å². The zero-order valence-electron chi connectivity index (χ0n) is 13.6. The highest BCUT2D eigenvalue weighted by Gasteiger charge is 2.25. The molecule has 0 saturated heterocycles. The summed E-state index contributed by atoms with van der Waals surface area (Å²) in [5.74, 6) is 0.782. The van der Waals surface area contributed by atoms with E-state index in [4.69, 9.17) is 11.6 Å². The number of fused-ring (bicyclic) bond motifs is 1. The normalized spacial score (nSPS) is 14.4. The predicted molar refractivity (Wildman–Crippen MR) is 101 cm³/mol. The van der Waals surface area contributed by atoms with Crippen molar-refractivity contribution in [1.82, 2.24) is 14.9 Å². The first-order valence-corrected chi connectivity index (χ1v) is 9.13. The number of quaternary nitrogens is 1. The minimum Gasteiger partial charge on any atom is -0.345 e. The van der Waals surface area contributed by atoms with Crippen LogP contribution in [0.2, 0.25) is 5.02 Å². The van der Waals surface area contributed by atoms with Gasteiger partial charge in [0.2, 0.25) is 11.0 Å². The van der Waals surface area contributed by atoms with Crippen molar-refractivity contribution in [3.63, 3.8) is 0 Å². The third-order valence-electron chi connectivity index (χ3n) is 4.16. The van der Waals surface area contributed by atoms with Crippen molar-refractivity contribution in [2.45, 2.75) is 18.1 Å². The summed E-state index contributed by atoms with van der Waals surface area (Å²) >= 11 is 7.68. The molecular weight excluding hydrogens is 354 g/mol. The lowest BCUT2D eigenvalue weighted by molar-refractivity contribution is -0.414. The number of rotatable bonds is 3. The summed E-state index contributed by atoms with van der Waals surface area (Å²) in [5.41, 5.74) is 11.9. The molecular formula is C18H17ClN5S+. The van der Waals surface area contributed by atoms with E-state index in [0.717, 1.165) is 38.4 Å². The number of hydrogen-bond acceptors (Lipinski definition) is 4. The molecule has 0 amide bonds. The summed E-state index contributed by atoms with van der Waals surface area (Å²) in [6, 6.07) is 16.0. The van der Waals surface area contributed by atoms with Gasteiger partial charge in [0, 0.05) is 21.6 Å². The molecule has 0 saturated carbocycles. The maximum atomic E-state index is 6.14. The van der Waals surface area contributed by atoms with Crippen LogP contribution in [0.5, 0.6) is 0 Å². The van der Waals surface area contributed by atoms with E-state index < -0.39 is 0 Å². The van der Waals surface area contributed by atoms with Crippen LogP contribution in [0.1, 0.15) is 28.6 Å². The zero-order valence-corrected chi connectivity index (χ0v) is 15.2. The minimum absolute atomic E-state index is 0.109. The molecule has 1 aliphatic rings. The van der Waals surface area contributed by atoms with Gasteiger partial charge in [0.25, 0.3) is 0 Å². The number of hydrogen-bond donors (Lipinski definition) is 2. The van der Waals surface area contributed by atoms with Crippen LogP contribution in [-0.2, 0) is 0 Å². The summed E-state index contributed by atoms with van der Waals surface area (Å²) in [7, 11) is 0. The summed E-state index contributed by atoms with van der Waals surface area (Å²) in [6.07, 6.45) is 0. The molecule has 2 aromatic carbocycles. The molecule has 1 aliphatic heterocycles. The number of aryl methyl sites for hydroxylation is 1. The molecule has 7 heteroatoms. The number of nitrogens with one attached hydrogen (secondary N) is 1. The Kier molecular flexibility index (Phi) is 4.25. The summed E-state index contributed by atoms with van der Waals surface area (Å²) < 4.78 is 1.91. The lowest BCUT2D eigenvalue weighted by Gasteiger charge is -2.20. The first kappa shape index (κ1) is 16.2. The number of nitrogens with zero attached hydrogens (tertiary/aromatic N) is 3. The molecule has 126 valence electrons. The van der Waals surface area contributed by atoms with Gasteiger partial charge in [-0.25, -0.2) is 4.68 Å². The van der Waals surface area contributed by atoms with E-state index in [1.165, 1.54) is 11.8 Å². The Bertz CT molecular complexity index is 951. The van der Waals surface area contributed by atoms with Crippen molar-refractivity contribution >= 4 is 29.1 Å². The Labute approximate surface area is 154 Å². The smallest absolute Gasteiger partial charge is 0.215 e. The van der Waals surface area contributed by atoms with Gasteiger partial charge in [0.1, 0.15) is 0 Å². The molecule has 1 atom stereocenters.